The lowest BCUT2D eigenvalue weighted by Gasteiger charge is -2.18. The summed E-state index contributed by atoms with van der Waals surface area (Å²) in [5, 5.41) is 13.8. The maximum atomic E-state index is 12.0. The Morgan fingerprint density at radius 2 is 1.90 bits per heavy atom. The highest BCUT2D eigenvalue weighted by Crippen LogP contribution is 2.11. The zero-order chi connectivity index (χ0) is 15.3. The molecule has 7 nitrogen and oxygen atoms in total. The molecule has 0 aliphatic rings. The Kier molecular flexibility index (Phi) is 5.08. The summed E-state index contributed by atoms with van der Waals surface area (Å²) in [7, 11) is 0. The van der Waals surface area contributed by atoms with Crippen molar-refractivity contribution in [3.63, 3.8) is 0 Å². The average Bonchev–Trinajstić information content (AvgIpc) is 2.34. The summed E-state index contributed by atoms with van der Waals surface area (Å²) in [5.74, 6) is -1.87. The molecule has 0 radical (unpaired) electrons. The number of rotatable bonds is 5. The number of benzene rings is 1. The zero-order valence-corrected chi connectivity index (χ0v) is 11.2. The second-order valence-corrected chi connectivity index (χ2v) is 4.60. The Hall–Kier alpha value is -2.57. The van der Waals surface area contributed by atoms with Crippen LogP contribution in [0, 0.1) is 5.92 Å². The number of nitrogens with one attached hydrogen (secondary N) is 2. The molecule has 0 saturated carbocycles. The predicted octanol–water partition coefficient (Wildman–Crippen LogP) is 1.02. The highest BCUT2D eigenvalue weighted by molar-refractivity contribution is 5.98. The standard InChI is InChI=1S/C13H17N3O4/c1-7(2)10(12(18)19)16-11(17)8-4-3-5-9(6-8)15-13(14)20/h3-7,10H,1-2H3,(H,16,17)(H,18,19)(H3,14,15,20)/t10-/m1/s1. The highest BCUT2D eigenvalue weighted by Gasteiger charge is 2.23. The number of hydrogen-bond donors (Lipinski definition) is 4. The Bertz CT molecular complexity index is 528. The molecule has 0 bridgehead atoms. The second-order valence-electron chi connectivity index (χ2n) is 4.60. The Morgan fingerprint density at radius 1 is 1.25 bits per heavy atom. The highest BCUT2D eigenvalue weighted by atomic mass is 16.4. The van der Waals surface area contributed by atoms with Crippen LogP contribution in [0.3, 0.4) is 0 Å². The Labute approximate surface area is 116 Å². The summed E-state index contributed by atoms with van der Waals surface area (Å²) in [6, 6.07) is 4.34. The maximum absolute atomic E-state index is 12.0. The van der Waals surface area contributed by atoms with Gasteiger partial charge < -0.3 is 21.5 Å². The van der Waals surface area contributed by atoms with Crippen LogP contribution in [0.2, 0.25) is 0 Å². The van der Waals surface area contributed by atoms with Crippen LogP contribution in [-0.2, 0) is 4.79 Å². The normalized spacial score (nSPS) is 11.8. The van der Waals surface area contributed by atoms with Gasteiger partial charge in [-0.1, -0.05) is 19.9 Å². The molecule has 1 aromatic carbocycles. The van der Waals surface area contributed by atoms with Gasteiger partial charge in [-0.15, -0.1) is 0 Å². The van der Waals surface area contributed by atoms with E-state index in [0.717, 1.165) is 0 Å². The third-order valence-electron chi connectivity index (χ3n) is 2.61. The van der Waals surface area contributed by atoms with Crippen LogP contribution in [0.4, 0.5) is 10.5 Å². The smallest absolute Gasteiger partial charge is 0.326 e. The molecule has 0 saturated heterocycles. The summed E-state index contributed by atoms with van der Waals surface area (Å²) in [6.45, 7) is 3.40. The van der Waals surface area contributed by atoms with E-state index in [1.54, 1.807) is 26.0 Å². The summed E-state index contributed by atoms with van der Waals surface area (Å²) >= 11 is 0. The van der Waals surface area contributed by atoms with Crippen molar-refractivity contribution in [1.82, 2.24) is 5.32 Å². The lowest BCUT2D eigenvalue weighted by Crippen LogP contribution is -2.44. The predicted molar refractivity (Wildman–Crippen MR) is 73.4 cm³/mol. The first-order valence-corrected chi connectivity index (χ1v) is 6.01. The van der Waals surface area contributed by atoms with Crippen molar-refractivity contribution in [1.29, 1.82) is 0 Å². The molecule has 7 heteroatoms. The molecule has 1 rings (SSSR count). The topological polar surface area (TPSA) is 122 Å². The molecule has 0 spiro atoms. The van der Waals surface area contributed by atoms with Crippen LogP contribution in [0.15, 0.2) is 24.3 Å². The summed E-state index contributed by atoms with van der Waals surface area (Å²) in [6.07, 6.45) is 0. The minimum Gasteiger partial charge on any atom is -0.480 e. The third kappa shape index (κ3) is 4.27. The van der Waals surface area contributed by atoms with Gasteiger partial charge in [0.2, 0.25) is 0 Å². The summed E-state index contributed by atoms with van der Waals surface area (Å²) < 4.78 is 0. The molecule has 5 N–H and O–H groups in total. The fourth-order valence-corrected chi connectivity index (χ4v) is 1.62. The summed E-state index contributed by atoms with van der Waals surface area (Å²) in [5.41, 5.74) is 5.58. The molecular formula is C13H17N3O4. The second kappa shape index (κ2) is 6.55. The Morgan fingerprint density at radius 3 is 2.40 bits per heavy atom. The largest absolute Gasteiger partial charge is 0.480 e. The van der Waals surface area contributed by atoms with E-state index >= 15 is 0 Å². The van der Waals surface area contributed by atoms with E-state index in [-0.39, 0.29) is 11.5 Å². The first-order chi connectivity index (χ1) is 9.31. The van der Waals surface area contributed by atoms with E-state index in [0.29, 0.717) is 5.69 Å². The van der Waals surface area contributed by atoms with Gasteiger partial charge in [0.1, 0.15) is 6.04 Å². The molecule has 108 valence electrons. The number of amides is 3. The van der Waals surface area contributed by atoms with E-state index in [2.05, 4.69) is 10.6 Å². The van der Waals surface area contributed by atoms with E-state index in [4.69, 9.17) is 10.8 Å². The SMILES string of the molecule is CC(C)[C@@H](NC(=O)c1cccc(NC(N)=O)c1)C(=O)O. The van der Waals surface area contributed by atoms with E-state index < -0.39 is 23.9 Å². The average molecular weight is 279 g/mol. The number of carbonyl (C=O) groups excluding carboxylic acids is 2. The molecule has 3 amide bonds. The molecule has 0 aromatic heterocycles. The number of carbonyl (C=O) groups is 3. The molecule has 0 unspecified atom stereocenters. The van der Waals surface area contributed by atoms with Crippen LogP contribution in [-0.4, -0.2) is 29.1 Å². The number of carboxylic acid groups (broad SMARTS) is 1. The van der Waals surface area contributed by atoms with Gasteiger partial charge in [-0.3, -0.25) is 4.79 Å². The van der Waals surface area contributed by atoms with Crippen molar-refractivity contribution in [2.75, 3.05) is 5.32 Å². The van der Waals surface area contributed by atoms with Gasteiger partial charge in [-0.25, -0.2) is 9.59 Å². The van der Waals surface area contributed by atoms with Crippen molar-refractivity contribution in [2.24, 2.45) is 11.7 Å². The van der Waals surface area contributed by atoms with Crippen LogP contribution in [0.1, 0.15) is 24.2 Å². The number of carboxylic acids is 1. The number of nitrogens with two attached hydrogens (primary N) is 1. The minimum atomic E-state index is -1.10. The van der Waals surface area contributed by atoms with Crippen LogP contribution >= 0.6 is 0 Å². The third-order valence-corrected chi connectivity index (χ3v) is 2.61. The minimum absolute atomic E-state index is 0.239. The van der Waals surface area contributed by atoms with Gasteiger partial charge in [0.25, 0.3) is 5.91 Å². The van der Waals surface area contributed by atoms with Crippen molar-refractivity contribution < 1.29 is 19.5 Å². The van der Waals surface area contributed by atoms with Crippen LogP contribution in [0.25, 0.3) is 0 Å². The van der Waals surface area contributed by atoms with Crippen molar-refractivity contribution >= 4 is 23.6 Å². The molecule has 0 aliphatic carbocycles. The first-order valence-electron chi connectivity index (χ1n) is 6.01. The molecule has 0 heterocycles. The fraction of sp³-hybridized carbons (Fsp3) is 0.308. The molecule has 0 aliphatic heterocycles. The number of primary amides is 1. The van der Waals surface area contributed by atoms with Gasteiger partial charge in [0.15, 0.2) is 0 Å². The van der Waals surface area contributed by atoms with Crippen molar-refractivity contribution in [3.05, 3.63) is 29.8 Å². The quantitative estimate of drug-likeness (QED) is 0.642. The van der Waals surface area contributed by atoms with Crippen LogP contribution in [0.5, 0.6) is 0 Å². The molecule has 20 heavy (non-hydrogen) atoms. The molecule has 1 atom stereocenters. The number of urea groups is 1. The van der Waals surface area contributed by atoms with Gasteiger partial charge >= 0.3 is 12.0 Å². The van der Waals surface area contributed by atoms with Gasteiger partial charge in [-0.05, 0) is 24.1 Å². The summed E-state index contributed by atoms with van der Waals surface area (Å²) in [4.78, 5) is 33.8. The van der Waals surface area contributed by atoms with E-state index in [9.17, 15) is 14.4 Å². The fourth-order valence-electron chi connectivity index (χ4n) is 1.62. The Balaban J connectivity index is 2.86. The molecule has 0 fully saturated rings. The van der Waals surface area contributed by atoms with Crippen molar-refractivity contribution in [2.45, 2.75) is 19.9 Å². The van der Waals surface area contributed by atoms with E-state index in [1.807, 2.05) is 0 Å². The monoisotopic (exact) mass is 279 g/mol. The molecule has 1 aromatic rings. The lowest BCUT2D eigenvalue weighted by molar-refractivity contribution is -0.140. The van der Waals surface area contributed by atoms with Gasteiger partial charge in [-0.2, -0.15) is 0 Å². The molecular weight excluding hydrogens is 262 g/mol. The zero-order valence-electron chi connectivity index (χ0n) is 11.2. The number of aliphatic carboxylic acids is 1. The lowest BCUT2D eigenvalue weighted by atomic mass is 10.0. The number of anilines is 1. The van der Waals surface area contributed by atoms with Crippen LogP contribution < -0.4 is 16.4 Å². The van der Waals surface area contributed by atoms with Gasteiger partial charge in [0.05, 0.1) is 0 Å². The maximum Gasteiger partial charge on any atom is 0.326 e. The van der Waals surface area contributed by atoms with E-state index in [1.165, 1.54) is 12.1 Å². The number of hydrogen-bond acceptors (Lipinski definition) is 3. The first kappa shape index (κ1) is 15.5. The van der Waals surface area contributed by atoms with Gasteiger partial charge in [0, 0.05) is 11.3 Å². The van der Waals surface area contributed by atoms with Crippen molar-refractivity contribution in [3.8, 4) is 0 Å².